The van der Waals surface area contributed by atoms with Gasteiger partial charge in [-0.1, -0.05) is 0 Å². The molecule has 0 fully saturated rings. The summed E-state index contributed by atoms with van der Waals surface area (Å²) in [7, 11) is 0. The predicted molar refractivity (Wildman–Crippen MR) is 59.5 cm³/mol. The lowest BCUT2D eigenvalue weighted by Crippen LogP contribution is -2.12. The molecule has 9 heteroatoms. The SMILES string of the molecule is CCOC(=O)c1c(Br)cnc(C(F)F)c1[N+](=O)[O-]. The van der Waals surface area contributed by atoms with Crippen molar-refractivity contribution in [3.05, 3.63) is 32.0 Å². The Morgan fingerprint density at radius 1 is 1.67 bits per heavy atom. The number of halogens is 3. The minimum atomic E-state index is -3.16. The number of hydrogen-bond donors (Lipinski definition) is 0. The number of alkyl halides is 2. The summed E-state index contributed by atoms with van der Waals surface area (Å²) in [5.74, 6) is -1.06. The van der Waals surface area contributed by atoms with E-state index in [-0.39, 0.29) is 11.1 Å². The van der Waals surface area contributed by atoms with Crippen LogP contribution in [0.25, 0.3) is 0 Å². The van der Waals surface area contributed by atoms with E-state index in [9.17, 15) is 23.7 Å². The van der Waals surface area contributed by atoms with Gasteiger partial charge in [-0.2, -0.15) is 0 Å². The van der Waals surface area contributed by atoms with Crippen molar-refractivity contribution in [3.8, 4) is 0 Å². The molecule has 0 radical (unpaired) electrons. The van der Waals surface area contributed by atoms with Crippen LogP contribution in [0.5, 0.6) is 0 Å². The molecule has 0 N–H and O–H groups in total. The molecule has 18 heavy (non-hydrogen) atoms. The van der Waals surface area contributed by atoms with E-state index in [1.54, 1.807) is 0 Å². The largest absolute Gasteiger partial charge is 0.462 e. The summed E-state index contributed by atoms with van der Waals surface area (Å²) in [6.45, 7) is 1.46. The van der Waals surface area contributed by atoms with Crippen molar-refractivity contribution in [2.24, 2.45) is 0 Å². The highest BCUT2D eigenvalue weighted by Crippen LogP contribution is 2.34. The maximum absolute atomic E-state index is 12.6. The molecule has 0 aliphatic carbocycles. The maximum Gasteiger partial charge on any atom is 0.346 e. The maximum atomic E-state index is 12.6. The van der Waals surface area contributed by atoms with Gasteiger partial charge in [-0.25, -0.2) is 18.6 Å². The minimum absolute atomic E-state index is 0.0330. The highest BCUT2D eigenvalue weighted by molar-refractivity contribution is 9.10. The molecule has 0 bridgehead atoms. The van der Waals surface area contributed by atoms with E-state index in [0.29, 0.717) is 0 Å². The zero-order valence-electron chi connectivity index (χ0n) is 9.02. The van der Waals surface area contributed by atoms with E-state index in [0.717, 1.165) is 6.20 Å². The van der Waals surface area contributed by atoms with Crippen LogP contribution in [0, 0.1) is 10.1 Å². The standard InChI is InChI=1S/C9H7BrF2N2O4/c1-2-18-9(15)5-4(10)3-13-6(8(11)12)7(5)14(16)17/h3,8H,2H2,1H3. The van der Waals surface area contributed by atoms with Crippen molar-refractivity contribution in [2.75, 3.05) is 6.61 Å². The van der Waals surface area contributed by atoms with E-state index >= 15 is 0 Å². The van der Waals surface area contributed by atoms with Gasteiger partial charge in [-0.3, -0.25) is 10.1 Å². The van der Waals surface area contributed by atoms with Crippen molar-refractivity contribution in [2.45, 2.75) is 13.3 Å². The Hall–Kier alpha value is -1.64. The Kier molecular flexibility index (Phi) is 4.65. The van der Waals surface area contributed by atoms with E-state index in [1.165, 1.54) is 6.92 Å². The van der Waals surface area contributed by atoms with Crippen molar-refractivity contribution < 1.29 is 23.2 Å². The second-order valence-electron chi connectivity index (χ2n) is 2.99. The molecule has 0 unspecified atom stereocenters. The second kappa shape index (κ2) is 5.80. The van der Waals surface area contributed by atoms with Crippen LogP contribution in [0.3, 0.4) is 0 Å². The van der Waals surface area contributed by atoms with Gasteiger partial charge in [0, 0.05) is 6.20 Å². The first kappa shape index (κ1) is 14.4. The summed E-state index contributed by atoms with van der Waals surface area (Å²) in [6, 6.07) is 0. The molecule has 0 atom stereocenters. The van der Waals surface area contributed by atoms with Crippen LogP contribution in [-0.2, 0) is 4.74 Å². The Morgan fingerprint density at radius 2 is 2.28 bits per heavy atom. The van der Waals surface area contributed by atoms with Gasteiger partial charge in [-0.05, 0) is 22.9 Å². The molecule has 0 saturated carbocycles. The molecule has 6 nitrogen and oxygen atoms in total. The van der Waals surface area contributed by atoms with Crippen molar-refractivity contribution in [3.63, 3.8) is 0 Å². The fourth-order valence-electron chi connectivity index (χ4n) is 1.24. The smallest absolute Gasteiger partial charge is 0.346 e. The number of nitrogens with zero attached hydrogens (tertiary/aromatic N) is 2. The minimum Gasteiger partial charge on any atom is -0.462 e. The fraction of sp³-hybridized carbons (Fsp3) is 0.333. The number of pyridine rings is 1. The van der Waals surface area contributed by atoms with Gasteiger partial charge in [0.25, 0.3) is 6.43 Å². The average molecular weight is 325 g/mol. The molecule has 0 amide bonds. The summed E-state index contributed by atoms with van der Waals surface area (Å²) in [6.07, 6.45) is -2.26. The number of aromatic nitrogens is 1. The van der Waals surface area contributed by atoms with E-state index in [2.05, 4.69) is 25.7 Å². The van der Waals surface area contributed by atoms with Crippen LogP contribution >= 0.6 is 15.9 Å². The van der Waals surface area contributed by atoms with E-state index in [4.69, 9.17) is 0 Å². The number of nitro groups is 1. The quantitative estimate of drug-likeness (QED) is 0.483. The molecule has 0 aliphatic rings. The van der Waals surface area contributed by atoms with Gasteiger partial charge in [0.15, 0.2) is 11.3 Å². The van der Waals surface area contributed by atoms with E-state index < -0.39 is 34.3 Å². The zero-order valence-corrected chi connectivity index (χ0v) is 10.6. The molecule has 0 aliphatic heterocycles. The zero-order chi connectivity index (χ0) is 13.9. The highest BCUT2D eigenvalue weighted by Gasteiger charge is 2.33. The summed E-state index contributed by atoms with van der Waals surface area (Å²) < 4.78 is 29.7. The van der Waals surface area contributed by atoms with Gasteiger partial charge in [0.1, 0.15) is 0 Å². The molecule has 0 aromatic carbocycles. The van der Waals surface area contributed by atoms with Crippen LogP contribution in [-0.4, -0.2) is 22.5 Å². The lowest BCUT2D eigenvalue weighted by molar-refractivity contribution is -0.387. The summed E-state index contributed by atoms with van der Waals surface area (Å²) in [5, 5.41) is 10.8. The first-order valence-electron chi connectivity index (χ1n) is 4.68. The van der Waals surface area contributed by atoms with E-state index in [1.807, 2.05) is 0 Å². The van der Waals surface area contributed by atoms with Crippen LogP contribution in [0.1, 0.15) is 29.4 Å². The molecule has 1 aromatic heterocycles. The number of esters is 1. The van der Waals surface area contributed by atoms with Crippen molar-refractivity contribution in [1.82, 2.24) is 4.98 Å². The third-order valence-corrected chi connectivity index (χ3v) is 2.51. The lowest BCUT2D eigenvalue weighted by atomic mass is 10.2. The molecule has 0 spiro atoms. The first-order valence-corrected chi connectivity index (χ1v) is 5.47. The van der Waals surface area contributed by atoms with Crippen LogP contribution < -0.4 is 0 Å². The number of carbonyl (C=O) groups excluding carboxylic acids is 1. The molecule has 1 heterocycles. The number of hydrogen-bond acceptors (Lipinski definition) is 5. The summed E-state index contributed by atoms with van der Waals surface area (Å²) >= 11 is 2.86. The first-order chi connectivity index (χ1) is 8.40. The predicted octanol–water partition coefficient (Wildman–Crippen LogP) is 2.87. The molecule has 98 valence electrons. The average Bonchev–Trinajstić information content (AvgIpc) is 2.27. The molecule has 1 aromatic rings. The molecular weight excluding hydrogens is 318 g/mol. The Bertz CT molecular complexity index is 496. The highest BCUT2D eigenvalue weighted by atomic mass is 79.9. The monoisotopic (exact) mass is 324 g/mol. The molecule has 1 rings (SSSR count). The summed E-state index contributed by atoms with van der Waals surface area (Å²) in [5.41, 5.74) is -2.67. The van der Waals surface area contributed by atoms with Gasteiger partial charge >= 0.3 is 11.7 Å². The molecule has 0 saturated heterocycles. The van der Waals surface area contributed by atoms with Gasteiger partial charge in [0.05, 0.1) is 16.0 Å². The van der Waals surface area contributed by atoms with Crippen LogP contribution in [0.4, 0.5) is 14.5 Å². The second-order valence-corrected chi connectivity index (χ2v) is 3.85. The van der Waals surface area contributed by atoms with Gasteiger partial charge in [-0.15, -0.1) is 0 Å². The van der Waals surface area contributed by atoms with Crippen LogP contribution in [0.2, 0.25) is 0 Å². The third kappa shape index (κ3) is 2.78. The molecular formula is C9H7BrF2N2O4. The lowest BCUT2D eigenvalue weighted by Gasteiger charge is -2.08. The Balaban J connectivity index is 3.51. The normalized spacial score (nSPS) is 10.5. The van der Waals surface area contributed by atoms with Crippen molar-refractivity contribution in [1.29, 1.82) is 0 Å². The number of rotatable bonds is 4. The third-order valence-electron chi connectivity index (χ3n) is 1.90. The van der Waals surface area contributed by atoms with Crippen molar-refractivity contribution >= 4 is 27.6 Å². The number of ether oxygens (including phenoxy) is 1. The number of carbonyl (C=O) groups is 1. The Labute approximate surface area is 108 Å². The van der Waals surface area contributed by atoms with Crippen LogP contribution in [0.15, 0.2) is 10.7 Å². The van der Waals surface area contributed by atoms with Gasteiger partial charge in [0.2, 0.25) is 0 Å². The van der Waals surface area contributed by atoms with Gasteiger partial charge < -0.3 is 4.74 Å². The Morgan fingerprint density at radius 3 is 2.72 bits per heavy atom. The summed E-state index contributed by atoms with van der Waals surface area (Å²) in [4.78, 5) is 24.5. The topological polar surface area (TPSA) is 82.3 Å². The fourth-order valence-corrected chi connectivity index (χ4v) is 1.69.